The third-order valence-electron chi connectivity index (χ3n) is 6.69. The highest BCUT2D eigenvalue weighted by atomic mass is 16.5. The van der Waals surface area contributed by atoms with E-state index in [9.17, 15) is 14.4 Å². The molecule has 1 amide bonds. The van der Waals surface area contributed by atoms with E-state index in [1.807, 2.05) is 13.0 Å². The van der Waals surface area contributed by atoms with Gasteiger partial charge in [0.15, 0.2) is 16.9 Å². The van der Waals surface area contributed by atoms with Gasteiger partial charge in [0.1, 0.15) is 5.58 Å². The van der Waals surface area contributed by atoms with Gasteiger partial charge in [0.2, 0.25) is 11.5 Å². The van der Waals surface area contributed by atoms with Crippen molar-refractivity contribution in [3.05, 3.63) is 92.8 Å². The first-order valence-corrected chi connectivity index (χ1v) is 12.3. The fourth-order valence-corrected chi connectivity index (χ4v) is 4.90. The minimum absolute atomic E-state index is 0.0513. The summed E-state index contributed by atoms with van der Waals surface area (Å²) in [5.74, 6) is 0.0917. The number of ether oxygens (including phenoxy) is 4. The molecule has 4 aromatic rings. The van der Waals surface area contributed by atoms with Gasteiger partial charge in [0, 0.05) is 5.69 Å². The first-order chi connectivity index (χ1) is 18.8. The van der Waals surface area contributed by atoms with E-state index in [1.165, 1.54) is 26.2 Å². The Kier molecular flexibility index (Phi) is 6.74. The van der Waals surface area contributed by atoms with E-state index in [0.29, 0.717) is 45.0 Å². The number of hydrogen-bond donors (Lipinski definition) is 0. The Morgan fingerprint density at radius 2 is 1.59 bits per heavy atom. The molecule has 1 aliphatic rings. The lowest BCUT2D eigenvalue weighted by molar-refractivity contribution is 0.0526. The van der Waals surface area contributed by atoms with Crippen molar-refractivity contribution in [1.82, 2.24) is 0 Å². The molecule has 3 aromatic carbocycles. The SMILES string of the molecule is CCOC(=O)c1ccc(N2C(=O)c3oc4ccc(C)cc4c(=O)c3C2c2cc(OC)c(OC)c(OC)c2)cc1. The van der Waals surface area contributed by atoms with Crippen LogP contribution < -0.4 is 24.5 Å². The van der Waals surface area contributed by atoms with Gasteiger partial charge in [0.25, 0.3) is 5.91 Å². The van der Waals surface area contributed by atoms with Crippen LogP contribution in [0.25, 0.3) is 11.0 Å². The second-order valence-corrected chi connectivity index (χ2v) is 8.98. The van der Waals surface area contributed by atoms with Crippen molar-refractivity contribution in [2.75, 3.05) is 32.8 Å². The molecule has 0 spiro atoms. The second-order valence-electron chi connectivity index (χ2n) is 8.98. The number of amides is 1. The Morgan fingerprint density at radius 3 is 2.18 bits per heavy atom. The summed E-state index contributed by atoms with van der Waals surface area (Å²) in [6, 6.07) is 14.2. The van der Waals surface area contributed by atoms with Crippen molar-refractivity contribution >= 4 is 28.5 Å². The molecule has 0 saturated heterocycles. The molecule has 0 fully saturated rings. The smallest absolute Gasteiger partial charge is 0.338 e. The van der Waals surface area contributed by atoms with Crippen molar-refractivity contribution in [3.8, 4) is 17.2 Å². The molecule has 2 heterocycles. The molecule has 5 rings (SSSR count). The number of rotatable bonds is 7. The van der Waals surface area contributed by atoms with Crippen LogP contribution in [0.2, 0.25) is 0 Å². The summed E-state index contributed by atoms with van der Waals surface area (Å²) >= 11 is 0. The molecule has 0 saturated carbocycles. The zero-order valence-electron chi connectivity index (χ0n) is 22.2. The van der Waals surface area contributed by atoms with Crippen molar-refractivity contribution in [1.29, 1.82) is 0 Å². The second kappa shape index (κ2) is 10.2. The number of methoxy groups -OCH3 is 3. The Hall–Kier alpha value is -4.79. The normalized spacial score (nSPS) is 14.3. The monoisotopic (exact) mass is 529 g/mol. The van der Waals surface area contributed by atoms with Crippen molar-refractivity contribution in [2.24, 2.45) is 0 Å². The third kappa shape index (κ3) is 4.25. The maximum Gasteiger partial charge on any atom is 0.338 e. The predicted molar refractivity (Wildman–Crippen MR) is 144 cm³/mol. The number of fused-ring (bicyclic) bond motifs is 2. The van der Waals surface area contributed by atoms with Crippen LogP contribution >= 0.6 is 0 Å². The summed E-state index contributed by atoms with van der Waals surface area (Å²) in [5.41, 5.74) is 2.43. The first-order valence-electron chi connectivity index (χ1n) is 12.3. The van der Waals surface area contributed by atoms with Gasteiger partial charge in [-0.25, -0.2) is 4.79 Å². The van der Waals surface area contributed by atoms with E-state index in [4.69, 9.17) is 23.4 Å². The largest absolute Gasteiger partial charge is 0.493 e. The first kappa shape index (κ1) is 25.8. The highest BCUT2D eigenvalue weighted by Gasteiger charge is 2.44. The van der Waals surface area contributed by atoms with Gasteiger partial charge in [-0.1, -0.05) is 11.6 Å². The van der Waals surface area contributed by atoms with E-state index in [1.54, 1.807) is 55.5 Å². The highest BCUT2D eigenvalue weighted by molar-refractivity contribution is 6.11. The zero-order chi connectivity index (χ0) is 27.8. The third-order valence-corrected chi connectivity index (χ3v) is 6.69. The van der Waals surface area contributed by atoms with Gasteiger partial charge in [-0.3, -0.25) is 14.5 Å². The van der Waals surface area contributed by atoms with E-state index >= 15 is 0 Å². The fraction of sp³-hybridized carbons (Fsp3) is 0.233. The Morgan fingerprint density at radius 1 is 0.923 bits per heavy atom. The maximum atomic E-state index is 13.9. The zero-order valence-corrected chi connectivity index (χ0v) is 22.2. The lowest BCUT2D eigenvalue weighted by atomic mass is 9.97. The Labute approximate surface area is 224 Å². The minimum atomic E-state index is -0.879. The molecular weight excluding hydrogens is 502 g/mol. The van der Waals surface area contributed by atoms with Crippen LogP contribution in [-0.2, 0) is 4.74 Å². The minimum Gasteiger partial charge on any atom is -0.493 e. The van der Waals surface area contributed by atoms with E-state index < -0.39 is 17.9 Å². The van der Waals surface area contributed by atoms with Gasteiger partial charge >= 0.3 is 5.97 Å². The number of nitrogens with zero attached hydrogens (tertiary/aromatic N) is 1. The molecule has 0 radical (unpaired) electrons. The molecule has 9 nitrogen and oxygen atoms in total. The average Bonchev–Trinajstić information content (AvgIpc) is 3.25. The Balaban J connectivity index is 1.76. The summed E-state index contributed by atoms with van der Waals surface area (Å²) in [4.78, 5) is 41.5. The van der Waals surface area contributed by atoms with E-state index in [2.05, 4.69) is 0 Å². The number of carbonyl (C=O) groups is 2. The summed E-state index contributed by atoms with van der Waals surface area (Å²) in [6.07, 6.45) is 0. The number of esters is 1. The maximum absolute atomic E-state index is 13.9. The number of anilines is 1. The summed E-state index contributed by atoms with van der Waals surface area (Å²) in [7, 11) is 4.48. The van der Waals surface area contributed by atoms with Crippen LogP contribution in [0.3, 0.4) is 0 Å². The molecule has 1 aromatic heterocycles. The average molecular weight is 530 g/mol. The molecule has 9 heteroatoms. The molecular formula is C30H27NO8. The summed E-state index contributed by atoms with van der Waals surface area (Å²) in [6.45, 7) is 3.85. The van der Waals surface area contributed by atoms with Gasteiger partial charge < -0.3 is 23.4 Å². The van der Waals surface area contributed by atoms with Gasteiger partial charge in [-0.05, 0) is 67.9 Å². The lowest BCUT2D eigenvalue weighted by Gasteiger charge is -2.26. The van der Waals surface area contributed by atoms with Gasteiger partial charge in [-0.2, -0.15) is 0 Å². The molecule has 1 atom stereocenters. The molecule has 39 heavy (non-hydrogen) atoms. The van der Waals surface area contributed by atoms with Crippen LogP contribution in [0.15, 0.2) is 63.8 Å². The van der Waals surface area contributed by atoms with E-state index in [0.717, 1.165) is 5.56 Å². The van der Waals surface area contributed by atoms with E-state index in [-0.39, 0.29) is 23.4 Å². The van der Waals surface area contributed by atoms with Crippen molar-refractivity contribution < 1.29 is 33.0 Å². The quantitative estimate of drug-likeness (QED) is 0.306. The molecule has 1 aliphatic heterocycles. The van der Waals surface area contributed by atoms with Gasteiger partial charge in [-0.15, -0.1) is 0 Å². The highest BCUT2D eigenvalue weighted by Crippen LogP contribution is 2.46. The molecule has 0 bridgehead atoms. The lowest BCUT2D eigenvalue weighted by Crippen LogP contribution is -2.29. The van der Waals surface area contributed by atoms with Crippen molar-refractivity contribution in [2.45, 2.75) is 19.9 Å². The number of benzene rings is 3. The topological polar surface area (TPSA) is 105 Å². The van der Waals surface area contributed by atoms with Crippen molar-refractivity contribution in [3.63, 3.8) is 0 Å². The predicted octanol–water partition coefficient (Wildman–Crippen LogP) is 5.05. The van der Waals surface area contributed by atoms with Gasteiger partial charge in [0.05, 0.1) is 50.5 Å². The van der Waals surface area contributed by atoms with Crippen LogP contribution in [0, 0.1) is 6.92 Å². The number of hydrogen-bond acceptors (Lipinski definition) is 8. The fourth-order valence-electron chi connectivity index (χ4n) is 4.90. The van der Waals surface area contributed by atoms with Crippen LogP contribution in [0.1, 0.15) is 50.6 Å². The summed E-state index contributed by atoms with van der Waals surface area (Å²) in [5, 5.41) is 0.374. The Bertz CT molecular complexity index is 1630. The van der Waals surface area contributed by atoms with Crippen LogP contribution in [0.5, 0.6) is 17.2 Å². The summed E-state index contributed by atoms with van der Waals surface area (Å²) < 4.78 is 27.7. The standard InChI is InChI=1S/C30H27NO8/c1-6-38-30(34)17-8-10-19(11-9-17)31-25(18-14-22(35-3)27(37-5)23(15-18)36-4)24-26(32)20-13-16(2)7-12-21(20)39-28(24)29(31)33/h7-15,25H,6H2,1-5H3. The van der Waals surface area contributed by atoms with Crippen LogP contribution in [0.4, 0.5) is 5.69 Å². The molecule has 200 valence electrons. The molecule has 0 aliphatic carbocycles. The van der Waals surface area contributed by atoms with Crippen LogP contribution in [-0.4, -0.2) is 39.8 Å². The molecule has 0 N–H and O–H groups in total. The number of aryl methyl sites for hydroxylation is 1. The molecule has 1 unspecified atom stereocenters. The number of carbonyl (C=O) groups excluding carboxylic acids is 2.